The molecule has 52 heavy (non-hydrogen) atoms. The fourth-order valence-electron chi connectivity index (χ4n) is 8.86. The molecule has 0 saturated heterocycles. The van der Waals surface area contributed by atoms with Crippen molar-refractivity contribution in [2.24, 2.45) is 0 Å². The second kappa shape index (κ2) is 10.5. The number of benzene rings is 8. The van der Waals surface area contributed by atoms with Crippen LogP contribution in [0.25, 0.3) is 103 Å². The van der Waals surface area contributed by atoms with E-state index in [0.717, 1.165) is 5.69 Å². The molecule has 0 aliphatic carbocycles. The molecule has 12 rings (SSSR count). The van der Waals surface area contributed by atoms with E-state index in [1.165, 1.54) is 97.0 Å². The molecule has 0 saturated carbocycles. The third kappa shape index (κ3) is 3.74. The molecule has 0 aliphatic rings. The lowest BCUT2D eigenvalue weighted by Crippen LogP contribution is -1.96. The molecule has 0 spiro atoms. The van der Waals surface area contributed by atoms with Crippen LogP contribution in [0.5, 0.6) is 0 Å². The summed E-state index contributed by atoms with van der Waals surface area (Å²) < 4.78 is 10.0. The molecule has 242 valence electrons. The number of thiophene rings is 1. The highest BCUT2D eigenvalue weighted by molar-refractivity contribution is 7.25. The smallest absolute Gasteiger partial charge is 0.0641 e. The van der Waals surface area contributed by atoms with Crippen LogP contribution in [0, 0.1) is 0 Å². The van der Waals surface area contributed by atoms with E-state index in [2.05, 4.69) is 190 Å². The van der Waals surface area contributed by atoms with E-state index in [4.69, 9.17) is 0 Å². The number of fused-ring (bicyclic) bond motifs is 13. The molecule has 12 aromatic rings. The van der Waals surface area contributed by atoms with Crippen LogP contribution < -0.4 is 0 Å². The Labute approximate surface area is 302 Å². The van der Waals surface area contributed by atoms with Crippen LogP contribution in [0.1, 0.15) is 0 Å². The molecule has 0 bridgehead atoms. The summed E-state index contributed by atoms with van der Waals surface area (Å²) in [4.78, 5) is 0. The van der Waals surface area contributed by atoms with Gasteiger partial charge in [-0.05, 0) is 78.9 Å². The number of nitrogens with zero attached hydrogens (tertiary/aromatic N) is 3. The van der Waals surface area contributed by atoms with Gasteiger partial charge in [0.1, 0.15) is 0 Å². The van der Waals surface area contributed by atoms with Gasteiger partial charge in [0.05, 0.1) is 33.1 Å². The highest BCUT2D eigenvalue weighted by Crippen LogP contribution is 2.44. The van der Waals surface area contributed by atoms with Crippen molar-refractivity contribution in [1.29, 1.82) is 0 Å². The maximum absolute atomic E-state index is 2.51. The Morgan fingerprint density at radius 3 is 1.62 bits per heavy atom. The first-order chi connectivity index (χ1) is 25.8. The molecule has 0 amide bonds. The molecule has 3 nitrogen and oxygen atoms in total. The molecule has 0 atom stereocenters. The first kappa shape index (κ1) is 28.1. The molecule has 4 heterocycles. The lowest BCUT2D eigenvalue weighted by atomic mass is 10.1. The number of hydrogen-bond acceptors (Lipinski definition) is 1. The van der Waals surface area contributed by atoms with Crippen LogP contribution in [0.15, 0.2) is 176 Å². The van der Waals surface area contributed by atoms with Crippen molar-refractivity contribution >= 4 is 96.9 Å². The Morgan fingerprint density at radius 1 is 0.288 bits per heavy atom. The van der Waals surface area contributed by atoms with Crippen molar-refractivity contribution in [3.63, 3.8) is 0 Å². The fraction of sp³-hybridized carbons (Fsp3) is 0. The summed E-state index contributed by atoms with van der Waals surface area (Å²) in [7, 11) is 0. The van der Waals surface area contributed by atoms with Crippen molar-refractivity contribution in [3.8, 4) is 17.1 Å². The molecule has 0 radical (unpaired) electrons. The zero-order valence-corrected chi connectivity index (χ0v) is 28.8. The van der Waals surface area contributed by atoms with Crippen molar-refractivity contribution in [2.75, 3.05) is 0 Å². The lowest BCUT2D eigenvalue weighted by Gasteiger charge is -2.11. The third-order valence-electron chi connectivity index (χ3n) is 11.0. The predicted octanol–water partition coefficient (Wildman–Crippen LogP) is 13.3. The molecular formula is C48H29N3S. The Morgan fingerprint density at radius 2 is 0.808 bits per heavy atom. The monoisotopic (exact) mass is 679 g/mol. The first-order valence-electron chi connectivity index (χ1n) is 17.8. The van der Waals surface area contributed by atoms with Gasteiger partial charge >= 0.3 is 0 Å². The predicted molar refractivity (Wildman–Crippen MR) is 222 cm³/mol. The average Bonchev–Trinajstić information content (AvgIpc) is 3.94. The summed E-state index contributed by atoms with van der Waals surface area (Å²) in [6, 6.07) is 64.7. The van der Waals surface area contributed by atoms with Crippen LogP contribution in [0.2, 0.25) is 0 Å². The highest BCUT2D eigenvalue weighted by Gasteiger charge is 2.22. The standard InChI is InChI=1S/C48H29N3S/c1-2-12-30(13-3-1)49-40-18-8-5-15-34(40)38-28-31(22-25-43(38)49)50-42-20-10-6-17-37(42)47-44(50)26-24-36-33-14-4-9-19-41(33)51(48(36)47)32-23-27-46-39(29-32)35-16-7-11-21-45(35)52-46/h1-29H. The van der Waals surface area contributed by atoms with Gasteiger partial charge in [0.25, 0.3) is 0 Å². The Hall–Kier alpha value is -6.62. The van der Waals surface area contributed by atoms with Gasteiger partial charge < -0.3 is 13.7 Å². The SMILES string of the molecule is c1ccc(-n2c3ccccc3c3cc(-n4c5ccccc5c5c4ccc4c6ccccc6n(-c6ccc7sc8ccccc8c7c6)c45)ccc32)cc1. The van der Waals surface area contributed by atoms with Gasteiger partial charge in [0, 0.05) is 69.6 Å². The number of rotatable bonds is 3. The van der Waals surface area contributed by atoms with Crippen LogP contribution in [0.4, 0.5) is 0 Å². The molecule has 4 heteroatoms. The molecule has 0 N–H and O–H groups in total. The van der Waals surface area contributed by atoms with Crippen LogP contribution in [0.3, 0.4) is 0 Å². The highest BCUT2D eigenvalue weighted by atomic mass is 32.1. The minimum Gasteiger partial charge on any atom is -0.309 e. The van der Waals surface area contributed by atoms with Crippen molar-refractivity contribution in [1.82, 2.24) is 13.7 Å². The van der Waals surface area contributed by atoms with E-state index in [9.17, 15) is 0 Å². The van der Waals surface area contributed by atoms with Crippen LogP contribution in [-0.4, -0.2) is 13.7 Å². The maximum Gasteiger partial charge on any atom is 0.0641 e. The van der Waals surface area contributed by atoms with Gasteiger partial charge in [-0.25, -0.2) is 0 Å². The summed E-state index contributed by atoms with van der Waals surface area (Å²) >= 11 is 1.87. The number of para-hydroxylation sites is 4. The quantitative estimate of drug-likeness (QED) is 0.177. The lowest BCUT2D eigenvalue weighted by molar-refractivity contribution is 1.16. The van der Waals surface area contributed by atoms with E-state index in [1.807, 2.05) is 11.3 Å². The second-order valence-electron chi connectivity index (χ2n) is 13.7. The molecule has 0 unspecified atom stereocenters. The normalized spacial score (nSPS) is 12.2. The summed E-state index contributed by atoms with van der Waals surface area (Å²) in [6.07, 6.45) is 0. The maximum atomic E-state index is 2.51. The van der Waals surface area contributed by atoms with E-state index in [1.54, 1.807) is 0 Å². The number of aromatic nitrogens is 3. The zero-order chi connectivity index (χ0) is 33.9. The van der Waals surface area contributed by atoms with Gasteiger partial charge in [-0.1, -0.05) is 97.1 Å². The van der Waals surface area contributed by atoms with Gasteiger partial charge in [0.2, 0.25) is 0 Å². The molecule has 8 aromatic carbocycles. The van der Waals surface area contributed by atoms with Crippen molar-refractivity contribution in [2.45, 2.75) is 0 Å². The van der Waals surface area contributed by atoms with Crippen molar-refractivity contribution < 1.29 is 0 Å². The molecular weight excluding hydrogens is 651 g/mol. The third-order valence-corrected chi connectivity index (χ3v) is 12.2. The van der Waals surface area contributed by atoms with Gasteiger partial charge in [-0.15, -0.1) is 11.3 Å². The first-order valence-corrected chi connectivity index (χ1v) is 18.6. The zero-order valence-electron chi connectivity index (χ0n) is 28.0. The van der Waals surface area contributed by atoms with Crippen molar-refractivity contribution in [3.05, 3.63) is 176 Å². The van der Waals surface area contributed by atoms with E-state index < -0.39 is 0 Å². The van der Waals surface area contributed by atoms with Crippen LogP contribution in [-0.2, 0) is 0 Å². The Bertz CT molecular complexity index is 3410. The minimum absolute atomic E-state index is 1.16. The summed E-state index contributed by atoms with van der Waals surface area (Å²) in [5.74, 6) is 0. The topological polar surface area (TPSA) is 14.8 Å². The second-order valence-corrected chi connectivity index (χ2v) is 14.8. The summed E-state index contributed by atoms with van der Waals surface area (Å²) in [5.41, 5.74) is 10.8. The largest absolute Gasteiger partial charge is 0.309 e. The Kier molecular flexibility index (Phi) is 5.65. The van der Waals surface area contributed by atoms with Gasteiger partial charge in [-0.3, -0.25) is 0 Å². The molecule has 0 aliphatic heterocycles. The van der Waals surface area contributed by atoms with Gasteiger partial charge in [0.15, 0.2) is 0 Å². The minimum atomic E-state index is 1.16. The Balaban J connectivity index is 1.19. The van der Waals surface area contributed by atoms with Gasteiger partial charge in [-0.2, -0.15) is 0 Å². The van der Waals surface area contributed by atoms with E-state index >= 15 is 0 Å². The van der Waals surface area contributed by atoms with E-state index in [0.29, 0.717) is 0 Å². The summed E-state index contributed by atoms with van der Waals surface area (Å²) in [6.45, 7) is 0. The molecule has 4 aromatic heterocycles. The fourth-order valence-corrected chi connectivity index (χ4v) is 9.95. The van der Waals surface area contributed by atoms with E-state index in [-0.39, 0.29) is 0 Å². The average molecular weight is 680 g/mol. The van der Waals surface area contributed by atoms with Crippen LogP contribution >= 0.6 is 11.3 Å². The number of hydrogen-bond donors (Lipinski definition) is 0. The molecule has 0 fully saturated rings. The summed E-state index contributed by atoms with van der Waals surface area (Å²) in [5, 5.41) is 10.2.